The average Bonchev–Trinajstić information content (AvgIpc) is 2.75. The molecular weight excluding hydrogens is 285 g/mol. The van der Waals surface area contributed by atoms with E-state index >= 15 is 0 Å². The van der Waals surface area contributed by atoms with E-state index in [9.17, 15) is 4.39 Å². The van der Waals surface area contributed by atoms with Gasteiger partial charge >= 0.3 is 0 Å². The van der Waals surface area contributed by atoms with Crippen LogP contribution in [-0.2, 0) is 11.3 Å². The highest BCUT2D eigenvalue weighted by Crippen LogP contribution is 2.20. The van der Waals surface area contributed by atoms with Crippen LogP contribution in [0.15, 0.2) is 22.7 Å². The van der Waals surface area contributed by atoms with Gasteiger partial charge < -0.3 is 4.74 Å². The van der Waals surface area contributed by atoms with Gasteiger partial charge in [-0.25, -0.2) is 4.39 Å². The van der Waals surface area contributed by atoms with Crippen molar-refractivity contribution in [2.45, 2.75) is 25.5 Å². The van der Waals surface area contributed by atoms with Crippen molar-refractivity contribution in [2.75, 3.05) is 20.2 Å². The maximum atomic E-state index is 12.9. The second kappa shape index (κ2) is 5.94. The SMILES string of the molecule is CN(Cc1ccc(F)cc1Br)CC1CCCO1. The summed E-state index contributed by atoms with van der Waals surface area (Å²) in [7, 11) is 2.07. The van der Waals surface area contributed by atoms with Crippen LogP contribution in [0.2, 0.25) is 0 Å². The third-order valence-electron chi connectivity index (χ3n) is 2.99. The Morgan fingerprint density at radius 3 is 3.00 bits per heavy atom. The molecule has 0 spiro atoms. The van der Waals surface area contributed by atoms with Crippen molar-refractivity contribution in [2.24, 2.45) is 0 Å². The summed E-state index contributed by atoms with van der Waals surface area (Å²) in [6.07, 6.45) is 2.67. The normalized spacial score (nSPS) is 20.1. The highest BCUT2D eigenvalue weighted by atomic mass is 79.9. The van der Waals surface area contributed by atoms with Crippen molar-refractivity contribution >= 4 is 15.9 Å². The fraction of sp³-hybridized carbons (Fsp3) is 0.538. The monoisotopic (exact) mass is 301 g/mol. The molecule has 1 aliphatic rings. The molecule has 1 aromatic carbocycles. The fourth-order valence-electron chi connectivity index (χ4n) is 2.14. The van der Waals surface area contributed by atoms with Crippen molar-refractivity contribution in [1.82, 2.24) is 4.90 Å². The predicted molar refractivity (Wildman–Crippen MR) is 69.4 cm³/mol. The highest BCUT2D eigenvalue weighted by Gasteiger charge is 2.17. The number of rotatable bonds is 4. The number of likely N-dealkylation sites (N-methyl/N-ethyl adjacent to an activating group) is 1. The third-order valence-corrected chi connectivity index (χ3v) is 3.73. The summed E-state index contributed by atoms with van der Waals surface area (Å²) in [5.74, 6) is -0.206. The minimum absolute atomic E-state index is 0.206. The van der Waals surface area contributed by atoms with E-state index in [0.717, 1.165) is 36.2 Å². The van der Waals surface area contributed by atoms with Crippen LogP contribution in [0.3, 0.4) is 0 Å². The first kappa shape index (κ1) is 13.0. The van der Waals surface area contributed by atoms with E-state index in [0.29, 0.717) is 6.10 Å². The summed E-state index contributed by atoms with van der Waals surface area (Å²) < 4.78 is 19.4. The average molecular weight is 302 g/mol. The van der Waals surface area contributed by atoms with Crippen LogP contribution in [0.5, 0.6) is 0 Å². The lowest BCUT2D eigenvalue weighted by molar-refractivity contribution is 0.0792. The van der Waals surface area contributed by atoms with Crippen molar-refractivity contribution in [3.05, 3.63) is 34.1 Å². The minimum atomic E-state index is -0.206. The number of benzene rings is 1. The molecule has 1 atom stereocenters. The first-order chi connectivity index (χ1) is 8.15. The van der Waals surface area contributed by atoms with Crippen LogP contribution in [-0.4, -0.2) is 31.2 Å². The molecular formula is C13H17BrFNO. The Bertz CT molecular complexity index is 380. The number of hydrogen-bond acceptors (Lipinski definition) is 2. The molecule has 2 rings (SSSR count). The molecule has 1 heterocycles. The molecule has 0 saturated carbocycles. The van der Waals surface area contributed by atoms with E-state index in [1.165, 1.54) is 18.6 Å². The van der Waals surface area contributed by atoms with Crippen molar-refractivity contribution in [1.29, 1.82) is 0 Å². The number of ether oxygens (including phenoxy) is 1. The Morgan fingerprint density at radius 2 is 2.35 bits per heavy atom. The van der Waals surface area contributed by atoms with Gasteiger partial charge in [0.1, 0.15) is 5.82 Å². The van der Waals surface area contributed by atoms with E-state index in [1.807, 2.05) is 6.07 Å². The summed E-state index contributed by atoms with van der Waals surface area (Å²) in [5, 5.41) is 0. The predicted octanol–water partition coefficient (Wildman–Crippen LogP) is 3.20. The lowest BCUT2D eigenvalue weighted by Gasteiger charge is -2.21. The molecule has 0 amide bonds. The van der Waals surface area contributed by atoms with Crippen LogP contribution in [0.25, 0.3) is 0 Å². The maximum Gasteiger partial charge on any atom is 0.124 e. The Balaban J connectivity index is 1.90. The van der Waals surface area contributed by atoms with Gasteiger partial charge in [0, 0.05) is 24.2 Å². The second-order valence-electron chi connectivity index (χ2n) is 4.57. The smallest absolute Gasteiger partial charge is 0.124 e. The molecule has 2 nitrogen and oxygen atoms in total. The van der Waals surface area contributed by atoms with E-state index in [1.54, 1.807) is 0 Å². The first-order valence-corrected chi connectivity index (χ1v) is 6.68. The van der Waals surface area contributed by atoms with E-state index in [-0.39, 0.29) is 5.82 Å². The molecule has 1 unspecified atom stereocenters. The van der Waals surface area contributed by atoms with Gasteiger partial charge in [-0.3, -0.25) is 4.90 Å². The van der Waals surface area contributed by atoms with Crippen LogP contribution in [0, 0.1) is 5.82 Å². The van der Waals surface area contributed by atoms with Gasteiger partial charge in [-0.05, 0) is 37.6 Å². The lowest BCUT2D eigenvalue weighted by atomic mass is 10.2. The molecule has 0 aliphatic carbocycles. The van der Waals surface area contributed by atoms with Gasteiger partial charge in [-0.15, -0.1) is 0 Å². The van der Waals surface area contributed by atoms with E-state index in [2.05, 4.69) is 27.9 Å². The van der Waals surface area contributed by atoms with Crippen LogP contribution >= 0.6 is 15.9 Å². The largest absolute Gasteiger partial charge is 0.377 e. The van der Waals surface area contributed by atoms with Crippen LogP contribution in [0.4, 0.5) is 4.39 Å². The Morgan fingerprint density at radius 1 is 1.53 bits per heavy atom. The van der Waals surface area contributed by atoms with E-state index < -0.39 is 0 Å². The summed E-state index contributed by atoms with van der Waals surface area (Å²) in [5.41, 5.74) is 1.10. The maximum absolute atomic E-state index is 12.9. The summed E-state index contributed by atoms with van der Waals surface area (Å²) >= 11 is 3.39. The molecule has 94 valence electrons. The van der Waals surface area contributed by atoms with Gasteiger partial charge in [0.05, 0.1) is 6.10 Å². The van der Waals surface area contributed by atoms with Gasteiger partial charge in [0.2, 0.25) is 0 Å². The summed E-state index contributed by atoms with van der Waals surface area (Å²) in [4.78, 5) is 2.22. The zero-order chi connectivity index (χ0) is 12.3. The molecule has 1 aliphatic heterocycles. The van der Waals surface area contributed by atoms with Gasteiger partial charge in [0.25, 0.3) is 0 Å². The van der Waals surface area contributed by atoms with Gasteiger partial charge in [-0.2, -0.15) is 0 Å². The zero-order valence-electron chi connectivity index (χ0n) is 9.96. The van der Waals surface area contributed by atoms with Gasteiger partial charge in [-0.1, -0.05) is 22.0 Å². The zero-order valence-corrected chi connectivity index (χ0v) is 11.5. The number of halogens is 2. The molecule has 0 N–H and O–H groups in total. The molecule has 1 fully saturated rings. The quantitative estimate of drug-likeness (QED) is 0.847. The van der Waals surface area contributed by atoms with Crippen molar-refractivity contribution in [3.8, 4) is 0 Å². The molecule has 0 radical (unpaired) electrons. The molecule has 1 aromatic rings. The van der Waals surface area contributed by atoms with Crippen molar-refractivity contribution < 1.29 is 9.13 Å². The molecule has 17 heavy (non-hydrogen) atoms. The number of hydrogen-bond donors (Lipinski definition) is 0. The summed E-state index contributed by atoms with van der Waals surface area (Å²) in [6, 6.07) is 4.83. The van der Waals surface area contributed by atoms with Crippen molar-refractivity contribution in [3.63, 3.8) is 0 Å². The third kappa shape index (κ3) is 3.76. The molecule has 0 bridgehead atoms. The Labute approximate surface area is 110 Å². The minimum Gasteiger partial charge on any atom is -0.377 e. The topological polar surface area (TPSA) is 12.5 Å². The lowest BCUT2D eigenvalue weighted by Crippen LogP contribution is -2.28. The molecule has 1 saturated heterocycles. The Hall–Kier alpha value is -0.450. The number of nitrogens with zero attached hydrogens (tertiary/aromatic N) is 1. The second-order valence-corrected chi connectivity index (χ2v) is 5.42. The van der Waals surface area contributed by atoms with Crippen LogP contribution < -0.4 is 0 Å². The van der Waals surface area contributed by atoms with Gasteiger partial charge in [0.15, 0.2) is 0 Å². The first-order valence-electron chi connectivity index (χ1n) is 5.89. The highest BCUT2D eigenvalue weighted by molar-refractivity contribution is 9.10. The molecule has 4 heteroatoms. The standard InChI is InChI=1S/C13H17BrFNO/c1-16(9-12-3-2-6-17-12)8-10-4-5-11(15)7-13(10)14/h4-5,7,12H,2-3,6,8-9H2,1H3. The Kier molecular flexibility index (Phi) is 4.54. The summed E-state index contributed by atoms with van der Waals surface area (Å²) in [6.45, 7) is 2.63. The van der Waals surface area contributed by atoms with Crippen LogP contribution in [0.1, 0.15) is 18.4 Å². The molecule has 0 aromatic heterocycles. The van der Waals surface area contributed by atoms with E-state index in [4.69, 9.17) is 4.74 Å². The fourth-order valence-corrected chi connectivity index (χ4v) is 2.62.